The molecular weight excluding hydrogens is 354 g/mol. The quantitative estimate of drug-likeness (QED) is 0.681. The fourth-order valence-electron chi connectivity index (χ4n) is 4.86. The molecule has 0 saturated carbocycles. The third-order valence-electron chi connectivity index (χ3n) is 6.44. The van der Waals surface area contributed by atoms with E-state index in [0.29, 0.717) is 30.5 Å². The van der Waals surface area contributed by atoms with E-state index in [0.717, 1.165) is 52.0 Å². The first-order chi connectivity index (χ1) is 12.4. The van der Waals surface area contributed by atoms with Crippen LogP contribution in [0, 0.1) is 11.8 Å². The number of ether oxygens (including phenoxy) is 2. The molecule has 3 aliphatic rings. The maximum atomic E-state index is 11.8. The van der Waals surface area contributed by atoms with Crippen molar-refractivity contribution in [3.05, 3.63) is 0 Å². The van der Waals surface area contributed by atoms with Gasteiger partial charge in [0.15, 0.2) is 9.84 Å². The zero-order valence-corrected chi connectivity index (χ0v) is 17.1. The van der Waals surface area contributed by atoms with Crippen LogP contribution >= 0.6 is 0 Å². The number of piperidine rings is 2. The zero-order chi connectivity index (χ0) is 18.7. The Morgan fingerprint density at radius 3 is 2.62 bits per heavy atom. The first-order valence-electron chi connectivity index (χ1n) is 9.88. The van der Waals surface area contributed by atoms with Gasteiger partial charge in [0, 0.05) is 39.1 Å². The topological polar surface area (TPSA) is 79.9 Å². The maximum absolute atomic E-state index is 11.8. The predicted octanol–water partition coefficient (Wildman–Crippen LogP) is 0.418. The number of nitrogens with zero attached hydrogens (tertiary/aromatic N) is 1. The molecule has 3 saturated heterocycles. The summed E-state index contributed by atoms with van der Waals surface area (Å²) in [6.07, 6.45) is 6.73. The molecule has 0 radical (unpaired) electrons. The average Bonchev–Trinajstić information content (AvgIpc) is 3.13. The van der Waals surface area contributed by atoms with E-state index >= 15 is 0 Å². The Morgan fingerprint density at radius 1 is 1.23 bits per heavy atom. The van der Waals surface area contributed by atoms with Gasteiger partial charge in [0.25, 0.3) is 0 Å². The fraction of sp³-hybridized carbons (Fsp3) is 1.00. The van der Waals surface area contributed by atoms with Crippen LogP contribution in [-0.4, -0.2) is 83.7 Å². The van der Waals surface area contributed by atoms with Crippen molar-refractivity contribution in [3.63, 3.8) is 0 Å². The lowest BCUT2D eigenvalue weighted by molar-refractivity contribution is -0.0671. The van der Waals surface area contributed by atoms with Crippen molar-refractivity contribution in [3.8, 4) is 0 Å². The van der Waals surface area contributed by atoms with Gasteiger partial charge in [-0.2, -0.15) is 0 Å². The summed E-state index contributed by atoms with van der Waals surface area (Å²) in [5.41, 5.74) is 0. The molecule has 8 heteroatoms. The van der Waals surface area contributed by atoms with Gasteiger partial charge in [-0.1, -0.05) is 0 Å². The van der Waals surface area contributed by atoms with Gasteiger partial charge >= 0.3 is 0 Å². The molecule has 2 N–H and O–H groups in total. The number of likely N-dealkylation sites (N-methyl/N-ethyl adjacent to an activating group) is 1. The van der Waals surface area contributed by atoms with Crippen molar-refractivity contribution in [1.29, 1.82) is 0 Å². The van der Waals surface area contributed by atoms with Crippen LogP contribution in [0.15, 0.2) is 0 Å². The lowest BCUT2D eigenvalue weighted by Gasteiger charge is -2.49. The Kier molecular flexibility index (Phi) is 6.96. The van der Waals surface area contributed by atoms with Crippen LogP contribution in [0.5, 0.6) is 0 Å². The van der Waals surface area contributed by atoms with Crippen LogP contribution in [0.25, 0.3) is 0 Å². The number of hydrogen-bond acceptors (Lipinski definition) is 7. The Balaban J connectivity index is 1.59. The summed E-state index contributed by atoms with van der Waals surface area (Å²) in [7, 11) is 0.957. The number of sulfone groups is 1. The summed E-state index contributed by atoms with van der Waals surface area (Å²) in [6, 6.07) is 0.305. The minimum Gasteiger partial charge on any atom is -0.381 e. The summed E-state index contributed by atoms with van der Waals surface area (Å²) in [4.78, 5) is 2.43. The van der Waals surface area contributed by atoms with Gasteiger partial charge in [-0.15, -0.1) is 0 Å². The summed E-state index contributed by atoms with van der Waals surface area (Å²) >= 11 is 0. The fourth-order valence-corrected chi connectivity index (χ4v) is 5.83. The molecule has 0 bridgehead atoms. The first-order valence-corrected chi connectivity index (χ1v) is 11.8. The third kappa shape index (κ3) is 4.77. The van der Waals surface area contributed by atoms with E-state index in [4.69, 9.17) is 9.47 Å². The molecule has 0 aromatic carbocycles. The standard InChI is InChI=1S/C18H35N3O4S/c1-21-16(19-10-13-8-9-25-12-13)6-5-15(24-2)18(21)14-4-7-17(20-11-14)26(3,22)23/h13-20H,4-12H2,1-3H3. The van der Waals surface area contributed by atoms with Crippen LogP contribution in [0.2, 0.25) is 0 Å². The Hall–Kier alpha value is -0.250. The van der Waals surface area contributed by atoms with Gasteiger partial charge in [0.2, 0.25) is 0 Å². The van der Waals surface area contributed by atoms with E-state index in [2.05, 4.69) is 22.6 Å². The second-order valence-electron chi connectivity index (χ2n) is 8.23. The van der Waals surface area contributed by atoms with E-state index in [9.17, 15) is 8.42 Å². The summed E-state index contributed by atoms with van der Waals surface area (Å²) in [5.74, 6) is 1.02. The number of methoxy groups -OCH3 is 1. The highest BCUT2D eigenvalue weighted by Crippen LogP contribution is 2.32. The molecule has 0 aromatic heterocycles. The molecule has 0 spiro atoms. The molecule has 3 heterocycles. The van der Waals surface area contributed by atoms with E-state index in [1.54, 1.807) is 7.11 Å². The second kappa shape index (κ2) is 8.84. The van der Waals surface area contributed by atoms with Gasteiger partial charge in [0.05, 0.1) is 18.9 Å². The normalized spacial score (nSPS) is 40.0. The maximum Gasteiger partial charge on any atom is 0.163 e. The molecule has 7 nitrogen and oxygen atoms in total. The predicted molar refractivity (Wildman–Crippen MR) is 102 cm³/mol. The molecule has 3 rings (SSSR count). The molecule has 0 amide bonds. The molecule has 26 heavy (non-hydrogen) atoms. The summed E-state index contributed by atoms with van der Waals surface area (Å²) < 4.78 is 34.9. The van der Waals surface area contributed by atoms with Crippen LogP contribution in [0.1, 0.15) is 32.1 Å². The van der Waals surface area contributed by atoms with E-state index in [-0.39, 0.29) is 6.10 Å². The second-order valence-corrected chi connectivity index (χ2v) is 10.5. The minimum absolute atomic E-state index is 0.203. The lowest BCUT2D eigenvalue weighted by atomic mass is 9.82. The van der Waals surface area contributed by atoms with Gasteiger partial charge in [0.1, 0.15) is 5.37 Å². The van der Waals surface area contributed by atoms with Crippen LogP contribution in [0.4, 0.5) is 0 Å². The first kappa shape index (κ1) is 20.5. The molecule has 0 aromatic rings. The van der Waals surface area contributed by atoms with Gasteiger partial charge in [-0.25, -0.2) is 8.42 Å². The van der Waals surface area contributed by atoms with Crippen molar-refractivity contribution in [2.75, 3.05) is 46.7 Å². The highest BCUT2D eigenvalue weighted by Gasteiger charge is 2.42. The number of rotatable bonds is 6. The smallest absolute Gasteiger partial charge is 0.163 e. The highest BCUT2D eigenvalue weighted by molar-refractivity contribution is 7.91. The third-order valence-corrected chi connectivity index (χ3v) is 7.88. The molecule has 6 atom stereocenters. The summed E-state index contributed by atoms with van der Waals surface area (Å²) in [5, 5.41) is 6.59. The Labute approximate surface area is 158 Å². The average molecular weight is 390 g/mol. The van der Waals surface area contributed by atoms with Crippen molar-refractivity contribution < 1.29 is 17.9 Å². The Bertz CT molecular complexity index is 545. The van der Waals surface area contributed by atoms with Gasteiger partial charge in [-0.05, 0) is 51.0 Å². The van der Waals surface area contributed by atoms with Gasteiger partial charge < -0.3 is 20.1 Å². The van der Waals surface area contributed by atoms with E-state index in [1.165, 1.54) is 6.26 Å². The van der Waals surface area contributed by atoms with Crippen molar-refractivity contribution in [2.45, 2.75) is 55.8 Å². The van der Waals surface area contributed by atoms with Crippen LogP contribution in [0.3, 0.4) is 0 Å². The van der Waals surface area contributed by atoms with Crippen molar-refractivity contribution >= 4 is 9.84 Å². The highest BCUT2D eigenvalue weighted by atomic mass is 32.2. The van der Waals surface area contributed by atoms with Crippen LogP contribution < -0.4 is 10.6 Å². The molecule has 3 fully saturated rings. The molecule has 6 unspecified atom stereocenters. The SMILES string of the molecule is COC1CCC(NCC2CCOC2)N(C)C1C1CCC(S(C)(=O)=O)NC1. The lowest BCUT2D eigenvalue weighted by Crippen LogP contribution is -2.62. The molecule has 152 valence electrons. The van der Waals surface area contributed by atoms with E-state index < -0.39 is 15.2 Å². The van der Waals surface area contributed by atoms with Crippen molar-refractivity contribution in [1.82, 2.24) is 15.5 Å². The molecule has 3 aliphatic heterocycles. The summed E-state index contributed by atoms with van der Waals surface area (Å²) in [6.45, 7) is 3.48. The zero-order valence-electron chi connectivity index (χ0n) is 16.3. The number of hydrogen-bond donors (Lipinski definition) is 2. The van der Waals surface area contributed by atoms with E-state index in [1.807, 2.05) is 0 Å². The molecular formula is C18H35N3O4S. The van der Waals surface area contributed by atoms with Crippen LogP contribution in [-0.2, 0) is 19.3 Å². The largest absolute Gasteiger partial charge is 0.381 e. The Morgan fingerprint density at radius 2 is 2.04 bits per heavy atom. The van der Waals surface area contributed by atoms with Crippen molar-refractivity contribution in [2.24, 2.45) is 11.8 Å². The number of likely N-dealkylation sites (tertiary alicyclic amines) is 1. The minimum atomic E-state index is -3.02. The monoisotopic (exact) mass is 389 g/mol. The molecule has 0 aliphatic carbocycles. The van der Waals surface area contributed by atoms with Gasteiger partial charge in [-0.3, -0.25) is 4.90 Å². The number of nitrogens with one attached hydrogen (secondary N) is 2.